The first-order valence-corrected chi connectivity index (χ1v) is 4.68. The van der Waals surface area contributed by atoms with Crippen LogP contribution in [0, 0.1) is 11.7 Å². The molecule has 1 nitrogen and oxygen atoms in total. The average Bonchev–Trinajstić information content (AvgIpc) is 2.91. The highest BCUT2D eigenvalue weighted by molar-refractivity contribution is 5.24. The zero-order chi connectivity index (χ0) is 9.26. The van der Waals surface area contributed by atoms with Crippen molar-refractivity contribution in [2.24, 2.45) is 5.92 Å². The van der Waals surface area contributed by atoms with Gasteiger partial charge in [-0.1, -0.05) is 12.1 Å². The fraction of sp³-hybridized carbons (Fsp3) is 0.455. The third-order valence-corrected chi connectivity index (χ3v) is 2.44. The third kappa shape index (κ3) is 2.00. The molecule has 13 heavy (non-hydrogen) atoms. The second-order valence-electron chi connectivity index (χ2n) is 3.59. The molecule has 2 heteroatoms. The molecule has 0 aromatic heterocycles. The molecule has 1 unspecified atom stereocenters. The van der Waals surface area contributed by atoms with E-state index in [1.54, 1.807) is 18.2 Å². The average molecular weight is 180 g/mol. The molecule has 0 spiro atoms. The summed E-state index contributed by atoms with van der Waals surface area (Å²) in [5.74, 6) is 0.747. The normalized spacial score (nSPS) is 18.3. The number of ether oxygens (including phenoxy) is 1. The summed E-state index contributed by atoms with van der Waals surface area (Å²) in [5, 5.41) is 0. The van der Waals surface area contributed by atoms with Gasteiger partial charge < -0.3 is 4.74 Å². The molecule has 0 radical (unpaired) electrons. The predicted molar refractivity (Wildman–Crippen MR) is 49.2 cm³/mol. The van der Waals surface area contributed by atoms with Crippen molar-refractivity contribution < 1.29 is 9.13 Å². The largest absolute Gasteiger partial charge is 0.487 e. The van der Waals surface area contributed by atoms with E-state index in [2.05, 4.69) is 0 Å². The van der Waals surface area contributed by atoms with Crippen molar-refractivity contribution in [2.45, 2.75) is 25.9 Å². The SMILES string of the molecule is CC(Oc1ccccc1F)C1CC1. The van der Waals surface area contributed by atoms with Gasteiger partial charge in [0.25, 0.3) is 0 Å². The minimum absolute atomic E-state index is 0.150. The Balaban J connectivity index is 2.03. The maximum atomic E-state index is 13.1. The van der Waals surface area contributed by atoms with E-state index >= 15 is 0 Å². The van der Waals surface area contributed by atoms with Gasteiger partial charge in [0.1, 0.15) is 0 Å². The minimum atomic E-state index is -0.269. The molecular weight excluding hydrogens is 167 g/mol. The van der Waals surface area contributed by atoms with Crippen molar-refractivity contribution in [3.63, 3.8) is 0 Å². The number of hydrogen-bond donors (Lipinski definition) is 0. The highest BCUT2D eigenvalue weighted by Crippen LogP contribution is 2.34. The quantitative estimate of drug-likeness (QED) is 0.694. The van der Waals surface area contributed by atoms with Crippen molar-refractivity contribution >= 4 is 0 Å². The summed E-state index contributed by atoms with van der Waals surface area (Å²) in [6.45, 7) is 2.00. The summed E-state index contributed by atoms with van der Waals surface area (Å²) < 4.78 is 18.6. The molecule has 0 aliphatic heterocycles. The smallest absolute Gasteiger partial charge is 0.165 e. The van der Waals surface area contributed by atoms with Gasteiger partial charge in [-0.3, -0.25) is 0 Å². The summed E-state index contributed by atoms with van der Waals surface area (Å²) in [7, 11) is 0. The Bertz CT molecular complexity index is 294. The Kier molecular flexibility index (Phi) is 2.21. The van der Waals surface area contributed by atoms with Gasteiger partial charge in [-0.2, -0.15) is 0 Å². The lowest BCUT2D eigenvalue weighted by Crippen LogP contribution is -2.14. The zero-order valence-electron chi connectivity index (χ0n) is 7.66. The van der Waals surface area contributed by atoms with Gasteiger partial charge in [-0.25, -0.2) is 4.39 Å². The molecule has 1 aliphatic carbocycles. The highest BCUT2D eigenvalue weighted by atomic mass is 19.1. The summed E-state index contributed by atoms with van der Waals surface area (Å²) in [4.78, 5) is 0. The minimum Gasteiger partial charge on any atom is -0.487 e. The Morgan fingerprint density at radius 1 is 1.38 bits per heavy atom. The van der Waals surface area contributed by atoms with Crippen molar-refractivity contribution in [2.75, 3.05) is 0 Å². The Labute approximate surface area is 77.5 Å². The fourth-order valence-corrected chi connectivity index (χ4v) is 1.40. The van der Waals surface area contributed by atoms with E-state index in [1.807, 2.05) is 6.92 Å². The molecule has 0 N–H and O–H groups in total. The molecule has 1 saturated carbocycles. The molecule has 0 amide bonds. The molecule has 0 bridgehead atoms. The summed E-state index contributed by atoms with van der Waals surface area (Å²) in [6, 6.07) is 6.56. The van der Waals surface area contributed by atoms with E-state index < -0.39 is 0 Å². The number of halogens is 1. The molecule has 0 saturated heterocycles. The van der Waals surface area contributed by atoms with Crippen LogP contribution in [0.15, 0.2) is 24.3 Å². The van der Waals surface area contributed by atoms with Crippen molar-refractivity contribution in [1.82, 2.24) is 0 Å². The van der Waals surface area contributed by atoms with Crippen LogP contribution < -0.4 is 4.74 Å². The van der Waals surface area contributed by atoms with Gasteiger partial charge in [0.15, 0.2) is 11.6 Å². The van der Waals surface area contributed by atoms with E-state index in [9.17, 15) is 4.39 Å². The summed E-state index contributed by atoms with van der Waals surface area (Å²) in [6.07, 6.45) is 2.59. The topological polar surface area (TPSA) is 9.23 Å². The number of rotatable bonds is 3. The molecule has 1 aromatic rings. The zero-order valence-corrected chi connectivity index (χ0v) is 7.66. The standard InChI is InChI=1S/C11H13FO/c1-8(9-6-7-9)13-11-5-3-2-4-10(11)12/h2-5,8-9H,6-7H2,1H3. The van der Waals surface area contributed by atoms with Gasteiger partial charge in [-0.05, 0) is 37.8 Å². The van der Waals surface area contributed by atoms with Crippen LogP contribution >= 0.6 is 0 Å². The highest BCUT2D eigenvalue weighted by Gasteiger charge is 2.29. The van der Waals surface area contributed by atoms with E-state index in [1.165, 1.54) is 18.9 Å². The molecule has 0 heterocycles. The van der Waals surface area contributed by atoms with Gasteiger partial charge >= 0.3 is 0 Å². The third-order valence-electron chi connectivity index (χ3n) is 2.44. The van der Waals surface area contributed by atoms with E-state index in [0.29, 0.717) is 11.7 Å². The Morgan fingerprint density at radius 2 is 2.08 bits per heavy atom. The molecule has 1 atom stereocenters. The first-order chi connectivity index (χ1) is 6.27. The maximum absolute atomic E-state index is 13.1. The van der Waals surface area contributed by atoms with Gasteiger partial charge in [-0.15, -0.1) is 0 Å². The Hall–Kier alpha value is -1.05. The van der Waals surface area contributed by atoms with Crippen LogP contribution in [0.3, 0.4) is 0 Å². The number of hydrogen-bond acceptors (Lipinski definition) is 1. The molecule has 1 fully saturated rings. The Morgan fingerprint density at radius 3 is 2.69 bits per heavy atom. The summed E-state index contributed by atoms with van der Waals surface area (Å²) in [5.41, 5.74) is 0. The molecule has 1 aromatic carbocycles. The lowest BCUT2D eigenvalue weighted by atomic mass is 10.2. The number of benzene rings is 1. The van der Waals surface area contributed by atoms with E-state index in [-0.39, 0.29) is 11.9 Å². The van der Waals surface area contributed by atoms with Crippen LogP contribution in [0.25, 0.3) is 0 Å². The van der Waals surface area contributed by atoms with Gasteiger partial charge in [0.05, 0.1) is 6.10 Å². The van der Waals surface area contributed by atoms with Crippen LogP contribution in [0.4, 0.5) is 4.39 Å². The molecular formula is C11H13FO. The lowest BCUT2D eigenvalue weighted by Gasteiger charge is -2.13. The second kappa shape index (κ2) is 3.36. The molecule has 1 aliphatic rings. The maximum Gasteiger partial charge on any atom is 0.165 e. The van der Waals surface area contributed by atoms with E-state index in [4.69, 9.17) is 4.74 Å². The first-order valence-electron chi connectivity index (χ1n) is 4.68. The van der Waals surface area contributed by atoms with Crippen LogP contribution in [-0.4, -0.2) is 6.10 Å². The van der Waals surface area contributed by atoms with Crippen molar-refractivity contribution in [3.05, 3.63) is 30.1 Å². The fourth-order valence-electron chi connectivity index (χ4n) is 1.40. The van der Waals surface area contributed by atoms with Crippen LogP contribution in [0.1, 0.15) is 19.8 Å². The van der Waals surface area contributed by atoms with Gasteiger partial charge in [0, 0.05) is 0 Å². The van der Waals surface area contributed by atoms with Crippen LogP contribution in [0.2, 0.25) is 0 Å². The number of para-hydroxylation sites is 1. The lowest BCUT2D eigenvalue weighted by molar-refractivity contribution is 0.189. The molecule has 2 rings (SSSR count). The monoisotopic (exact) mass is 180 g/mol. The van der Waals surface area contributed by atoms with Gasteiger partial charge in [0.2, 0.25) is 0 Å². The van der Waals surface area contributed by atoms with Crippen molar-refractivity contribution in [3.8, 4) is 5.75 Å². The second-order valence-corrected chi connectivity index (χ2v) is 3.59. The van der Waals surface area contributed by atoms with E-state index in [0.717, 1.165) is 0 Å². The summed E-state index contributed by atoms with van der Waals surface area (Å²) >= 11 is 0. The van der Waals surface area contributed by atoms with Crippen LogP contribution in [0.5, 0.6) is 5.75 Å². The molecule has 70 valence electrons. The predicted octanol–water partition coefficient (Wildman–Crippen LogP) is 3.00. The van der Waals surface area contributed by atoms with Crippen molar-refractivity contribution in [1.29, 1.82) is 0 Å². The first kappa shape index (κ1) is 8.54. The van der Waals surface area contributed by atoms with Crippen LogP contribution in [-0.2, 0) is 0 Å².